The Hall–Kier alpha value is -1.51. The zero-order valence-electron chi connectivity index (χ0n) is 11.0. The molecule has 0 fully saturated rings. The first kappa shape index (κ1) is 13.6. The lowest BCUT2D eigenvalue weighted by molar-refractivity contribution is 0.0934. The zero-order valence-corrected chi connectivity index (χ0v) is 11.0. The molecular formula is C14H21NO2. The van der Waals surface area contributed by atoms with Gasteiger partial charge in [-0.3, -0.25) is 4.79 Å². The minimum absolute atomic E-state index is 0.0306. The first-order valence-corrected chi connectivity index (χ1v) is 6.07. The summed E-state index contributed by atoms with van der Waals surface area (Å²) >= 11 is 0. The molecule has 94 valence electrons. The quantitative estimate of drug-likeness (QED) is 0.852. The van der Waals surface area contributed by atoms with Crippen LogP contribution < -0.4 is 10.1 Å². The third-order valence-electron chi connectivity index (χ3n) is 2.99. The topological polar surface area (TPSA) is 38.3 Å². The van der Waals surface area contributed by atoms with E-state index in [1.165, 1.54) is 0 Å². The Kier molecular flexibility index (Phi) is 5.01. The van der Waals surface area contributed by atoms with Crippen LogP contribution in [0.3, 0.4) is 0 Å². The predicted molar refractivity (Wildman–Crippen MR) is 69.6 cm³/mol. The number of hydrogen-bond donors (Lipinski definition) is 1. The van der Waals surface area contributed by atoms with Crippen molar-refractivity contribution in [2.45, 2.75) is 39.7 Å². The maximum absolute atomic E-state index is 12.0. The first-order valence-electron chi connectivity index (χ1n) is 6.07. The number of benzene rings is 1. The van der Waals surface area contributed by atoms with Gasteiger partial charge in [-0.1, -0.05) is 19.9 Å². The molecule has 1 rings (SSSR count). The Bertz CT molecular complexity index is 384. The van der Waals surface area contributed by atoms with Gasteiger partial charge in [-0.05, 0) is 37.5 Å². The normalized spacial score (nSPS) is 10.4. The summed E-state index contributed by atoms with van der Waals surface area (Å²) in [5, 5.41) is 3.01. The summed E-state index contributed by atoms with van der Waals surface area (Å²) in [5.74, 6) is 0.721. The average molecular weight is 235 g/mol. The van der Waals surface area contributed by atoms with Crippen molar-refractivity contribution >= 4 is 5.91 Å². The molecule has 1 amide bonds. The van der Waals surface area contributed by atoms with E-state index in [9.17, 15) is 4.79 Å². The highest BCUT2D eigenvalue weighted by Gasteiger charge is 2.11. The van der Waals surface area contributed by atoms with E-state index >= 15 is 0 Å². The van der Waals surface area contributed by atoms with Gasteiger partial charge < -0.3 is 10.1 Å². The summed E-state index contributed by atoms with van der Waals surface area (Å²) < 4.78 is 5.21. The van der Waals surface area contributed by atoms with Gasteiger partial charge >= 0.3 is 0 Å². The third kappa shape index (κ3) is 3.48. The van der Waals surface area contributed by atoms with Crippen LogP contribution in [0.1, 0.15) is 42.6 Å². The molecule has 1 N–H and O–H groups in total. The van der Waals surface area contributed by atoms with E-state index in [0.717, 1.165) is 24.2 Å². The molecule has 0 aliphatic heterocycles. The SMILES string of the molecule is CCC(CC)NC(=O)c1ccc(C)c(OC)c1. The predicted octanol–water partition coefficient (Wildman–Crippen LogP) is 2.92. The lowest BCUT2D eigenvalue weighted by atomic mass is 10.1. The second-order valence-corrected chi connectivity index (χ2v) is 4.17. The van der Waals surface area contributed by atoms with Gasteiger partial charge in [-0.25, -0.2) is 0 Å². The van der Waals surface area contributed by atoms with Crippen molar-refractivity contribution in [3.05, 3.63) is 29.3 Å². The number of methoxy groups -OCH3 is 1. The van der Waals surface area contributed by atoms with Crippen molar-refractivity contribution in [1.82, 2.24) is 5.32 Å². The van der Waals surface area contributed by atoms with Gasteiger partial charge in [-0.15, -0.1) is 0 Å². The van der Waals surface area contributed by atoms with Crippen LogP contribution in [0.2, 0.25) is 0 Å². The molecule has 3 nitrogen and oxygen atoms in total. The second-order valence-electron chi connectivity index (χ2n) is 4.17. The number of amides is 1. The summed E-state index contributed by atoms with van der Waals surface area (Å²) in [7, 11) is 1.62. The summed E-state index contributed by atoms with van der Waals surface area (Å²) in [5.41, 5.74) is 1.69. The van der Waals surface area contributed by atoms with E-state index in [1.807, 2.05) is 19.1 Å². The van der Waals surface area contributed by atoms with Crippen LogP contribution in [0.25, 0.3) is 0 Å². The fourth-order valence-corrected chi connectivity index (χ4v) is 1.72. The Morgan fingerprint density at radius 1 is 1.35 bits per heavy atom. The van der Waals surface area contributed by atoms with E-state index in [0.29, 0.717) is 5.56 Å². The molecule has 0 atom stereocenters. The minimum Gasteiger partial charge on any atom is -0.496 e. The molecule has 0 saturated heterocycles. The van der Waals surface area contributed by atoms with Gasteiger partial charge in [0, 0.05) is 11.6 Å². The Balaban J connectivity index is 2.82. The highest BCUT2D eigenvalue weighted by molar-refractivity contribution is 5.94. The number of nitrogens with one attached hydrogen (secondary N) is 1. The number of aryl methyl sites for hydroxylation is 1. The molecule has 0 saturated carbocycles. The molecule has 0 unspecified atom stereocenters. The molecule has 0 aliphatic carbocycles. The van der Waals surface area contributed by atoms with Crippen molar-refractivity contribution < 1.29 is 9.53 Å². The molecule has 0 bridgehead atoms. The highest BCUT2D eigenvalue weighted by Crippen LogP contribution is 2.19. The van der Waals surface area contributed by atoms with Crippen LogP contribution in [0.4, 0.5) is 0 Å². The van der Waals surface area contributed by atoms with Crippen LogP contribution in [-0.4, -0.2) is 19.1 Å². The Morgan fingerprint density at radius 2 is 2.00 bits per heavy atom. The lowest BCUT2D eigenvalue weighted by Crippen LogP contribution is -2.33. The molecular weight excluding hydrogens is 214 g/mol. The largest absolute Gasteiger partial charge is 0.496 e. The maximum atomic E-state index is 12.0. The average Bonchev–Trinajstić information content (AvgIpc) is 2.36. The molecule has 0 spiro atoms. The maximum Gasteiger partial charge on any atom is 0.251 e. The van der Waals surface area contributed by atoms with Crippen LogP contribution in [-0.2, 0) is 0 Å². The van der Waals surface area contributed by atoms with E-state index < -0.39 is 0 Å². The van der Waals surface area contributed by atoms with Crippen molar-refractivity contribution in [3.8, 4) is 5.75 Å². The molecule has 1 aromatic carbocycles. The summed E-state index contributed by atoms with van der Waals surface area (Å²) in [6.45, 7) is 6.11. The molecule has 3 heteroatoms. The molecule has 0 heterocycles. The van der Waals surface area contributed by atoms with Crippen molar-refractivity contribution in [2.24, 2.45) is 0 Å². The molecule has 1 aromatic rings. The molecule has 0 aromatic heterocycles. The molecule has 17 heavy (non-hydrogen) atoms. The van der Waals surface area contributed by atoms with Gasteiger partial charge in [0.05, 0.1) is 7.11 Å². The van der Waals surface area contributed by atoms with Crippen LogP contribution >= 0.6 is 0 Å². The second kappa shape index (κ2) is 6.28. The fourth-order valence-electron chi connectivity index (χ4n) is 1.72. The smallest absolute Gasteiger partial charge is 0.251 e. The van der Waals surface area contributed by atoms with Crippen molar-refractivity contribution in [1.29, 1.82) is 0 Å². The number of carbonyl (C=O) groups is 1. The lowest BCUT2D eigenvalue weighted by Gasteiger charge is -2.15. The van der Waals surface area contributed by atoms with E-state index in [-0.39, 0.29) is 11.9 Å². The van der Waals surface area contributed by atoms with Crippen LogP contribution in [0, 0.1) is 6.92 Å². The number of rotatable bonds is 5. The minimum atomic E-state index is -0.0306. The van der Waals surface area contributed by atoms with Crippen molar-refractivity contribution in [2.75, 3.05) is 7.11 Å². The van der Waals surface area contributed by atoms with Gasteiger partial charge in [0.2, 0.25) is 0 Å². The highest BCUT2D eigenvalue weighted by atomic mass is 16.5. The number of carbonyl (C=O) groups excluding carboxylic acids is 1. The van der Waals surface area contributed by atoms with E-state index in [2.05, 4.69) is 19.2 Å². The van der Waals surface area contributed by atoms with Gasteiger partial charge in [0.25, 0.3) is 5.91 Å². The Morgan fingerprint density at radius 3 is 2.53 bits per heavy atom. The fraction of sp³-hybridized carbons (Fsp3) is 0.500. The molecule has 0 aliphatic rings. The van der Waals surface area contributed by atoms with Gasteiger partial charge in [0.15, 0.2) is 0 Å². The zero-order chi connectivity index (χ0) is 12.8. The van der Waals surface area contributed by atoms with Crippen molar-refractivity contribution in [3.63, 3.8) is 0 Å². The van der Waals surface area contributed by atoms with Crippen LogP contribution in [0.15, 0.2) is 18.2 Å². The monoisotopic (exact) mass is 235 g/mol. The third-order valence-corrected chi connectivity index (χ3v) is 2.99. The number of hydrogen-bond acceptors (Lipinski definition) is 2. The van der Waals surface area contributed by atoms with Crippen LogP contribution in [0.5, 0.6) is 5.75 Å². The number of ether oxygens (including phenoxy) is 1. The van der Waals surface area contributed by atoms with E-state index in [1.54, 1.807) is 13.2 Å². The Labute approximate surface area is 103 Å². The summed E-state index contributed by atoms with van der Waals surface area (Å²) in [6, 6.07) is 5.76. The van der Waals surface area contributed by atoms with E-state index in [4.69, 9.17) is 4.74 Å². The van der Waals surface area contributed by atoms with Gasteiger partial charge in [0.1, 0.15) is 5.75 Å². The standard InChI is InChI=1S/C14H21NO2/c1-5-12(6-2)15-14(16)11-8-7-10(3)13(9-11)17-4/h7-9,12H,5-6H2,1-4H3,(H,15,16). The summed E-state index contributed by atoms with van der Waals surface area (Å²) in [4.78, 5) is 12.0. The first-order chi connectivity index (χ1) is 8.12. The van der Waals surface area contributed by atoms with Gasteiger partial charge in [-0.2, -0.15) is 0 Å². The summed E-state index contributed by atoms with van der Waals surface area (Å²) in [6.07, 6.45) is 1.90. The molecule has 0 radical (unpaired) electrons.